The summed E-state index contributed by atoms with van der Waals surface area (Å²) < 4.78 is 10.2. The number of aryl methyl sites for hydroxylation is 1. The quantitative estimate of drug-likeness (QED) is 0.516. The van der Waals surface area contributed by atoms with Gasteiger partial charge in [-0.05, 0) is 30.2 Å². The van der Waals surface area contributed by atoms with E-state index in [0.29, 0.717) is 6.54 Å². The zero-order valence-electron chi connectivity index (χ0n) is 19.8. The summed E-state index contributed by atoms with van der Waals surface area (Å²) in [7, 11) is 2.56. The van der Waals surface area contributed by atoms with Gasteiger partial charge >= 0.3 is 11.9 Å². The lowest BCUT2D eigenvalue weighted by Gasteiger charge is -2.33. The molecule has 0 amide bonds. The first-order valence-corrected chi connectivity index (χ1v) is 11.3. The summed E-state index contributed by atoms with van der Waals surface area (Å²) in [6.07, 6.45) is -0.444. The minimum absolute atomic E-state index is 0.119. The second-order valence-electron chi connectivity index (χ2n) is 8.58. The van der Waals surface area contributed by atoms with Crippen LogP contribution in [0.4, 0.5) is 5.69 Å². The van der Waals surface area contributed by atoms with E-state index in [1.54, 1.807) is 5.06 Å². The minimum atomic E-state index is -1.12. The first-order chi connectivity index (χ1) is 17.0. The number of nitrogens with zero attached hydrogens (tertiary/aromatic N) is 2. The summed E-state index contributed by atoms with van der Waals surface area (Å²) in [6.45, 7) is 2.38. The minimum Gasteiger partial charge on any atom is -0.465 e. The zero-order valence-corrected chi connectivity index (χ0v) is 19.8. The Kier molecular flexibility index (Phi) is 5.78. The van der Waals surface area contributed by atoms with E-state index in [0.717, 1.165) is 22.4 Å². The molecular formula is C28H26N2O5. The molecule has 2 aliphatic heterocycles. The summed E-state index contributed by atoms with van der Waals surface area (Å²) in [5, 5.41) is 1.73. The van der Waals surface area contributed by atoms with Crippen LogP contribution in [0.5, 0.6) is 0 Å². The Morgan fingerprint density at radius 1 is 0.857 bits per heavy atom. The van der Waals surface area contributed by atoms with Crippen LogP contribution < -0.4 is 4.90 Å². The second kappa shape index (κ2) is 8.92. The molecule has 0 spiro atoms. The number of hydrogen-bond acceptors (Lipinski definition) is 7. The Labute approximate surface area is 204 Å². The number of fused-ring (bicyclic) bond motifs is 1. The first kappa shape index (κ1) is 22.7. The van der Waals surface area contributed by atoms with Crippen molar-refractivity contribution in [2.24, 2.45) is 0 Å². The van der Waals surface area contributed by atoms with E-state index >= 15 is 0 Å². The fourth-order valence-electron chi connectivity index (χ4n) is 4.97. The lowest BCUT2D eigenvalue weighted by atomic mass is 9.82. The molecule has 0 radical (unpaired) electrons. The van der Waals surface area contributed by atoms with Gasteiger partial charge in [-0.1, -0.05) is 83.4 Å². The second-order valence-corrected chi connectivity index (χ2v) is 8.58. The molecule has 0 unspecified atom stereocenters. The Morgan fingerprint density at radius 3 is 2.06 bits per heavy atom. The zero-order chi connectivity index (χ0) is 24.6. The summed E-state index contributed by atoms with van der Waals surface area (Å²) in [5.41, 5.74) is 2.84. The monoisotopic (exact) mass is 470 g/mol. The van der Waals surface area contributed by atoms with Crippen molar-refractivity contribution < 1.29 is 23.9 Å². The molecule has 35 heavy (non-hydrogen) atoms. The number of ether oxygens (including phenoxy) is 2. The average molecular weight is 471 g/mol. The van der Waals surface area contributed by atoms with E-state index < -0.39 is 23.6 Å². The van der Waals surface area contributed by atoms with E-state index in [9.17, 15) is 9.59 Å². The Bertz CT molecular complexity index is 1270. The van der Waals surface area contributed by atoms with Crippen LogP contribution in [0.2, 0.25) is 0 Å². The molecule has 1 fully saturated rings. The van der Waals surface area contributed by atoms with E-state index in [2.05, 4.69) is 17.0 Å². The normalized spacial score (nSPS) is 21.5. The van der Waals surface area contributed by atoms with Gasteiger partial charge in [0.25, 0.3) is 0 Å². The molecule has 0 saturated carbocycles. The predicted octanol–water partition coefficient (Wildman–Crippen LogP) is 4.26. The van der Waals surface area contributed by atoms with Crippen molar-refractivity contribution >= 4 is 17.6 Å². The predicted molar refractivity (Wildman–Crippen MR) is 130 cm³/mol. The summed E-state index contributed by atoms with van der Waals surface area (Å²) in [4.78, 5) is 34.6. The molecule has 0 N–H and O–H groups in total. The van der Waals surface area contributed by atoms with Gasteiger partial charge < -0.3 is 19.2 Å². The fraction of sp³-hybridized carbons (Fsp3) is 0.214. The third-order valence-corrected chi connectivity index (χ3v) is 6.60. The summed E-state index contributed by atoms with van der Waals surface area (Å²) in [6, 6.07) is 27.6. The highest BCUT2D eigenvalue weighted by atomic mass is 16.7. The molecule has 0 bridgehead atoms. The third-order valence-electron chi connectivity index (χ3n) is 6.60. The maximum Gasteiger partial charge on any atom is 0.376 e. The highest BCUT2D eigenvalue weighted by molar-refractivity contribution is 6.02. The smallest absolute Gasteiger partial charge is 0.376 e. The van der Waals surface area contributed by atoms with Crippen LogP contribution in [0.1, 0.15) is 22.9 Å². The maximum absolute atomic E-state index is 13.3. The largest absolute Gasteiger partial charge is 0.465 e. The lowest BCUT2D eigenvalue weighted by molar-refractivity contribution is -0.177. The molecule has 3 aromatic carbocycles. The van der Waals surface area contributed by atoms with Crippen molar-refractivity contribution in [3.63, 3.8) is 0 Å². The van der Waals surface area contributed by atoms with E-state index in [4.69, 9.17) is 14.3 Å². The van der Waals surface area contributed by atoms with Gasteiger partial charge in [-0.25, -0.2) is 9.59 Å². The van der Waals surface area contributed by atoms with Crippen molar-refractivity contribution in [1.82, 2.24) is 5.06 Å². The summed E-state index contributed by atoms with van der Waals surface area (Å²) >= 11 is 0. The van der Waals surface area contributed by atoms with Gasteiger partial charge in [0, 0.05) is 5.69 Å². The van der Waals surface area contributed by atoms with Gasteiger partial charge in [0.15, 0.2) is 0 Å². The number of carbonyl (C=O) groups is 2. The Hall–Kier alpha value is -4.10. The fourth-order valence-corrected chi connectivity index (χ4v) is 4.97. The topological polar surface area (TPSA) is 68.3 Å². The molecular weight excluding hydrogens is 444 g/mol. The van der Waals surface area contributed by atoms with Gasteiger partial charge in [0.05, 0.1) is 20.8 Å². The van der Waals surface area contributed by atoms with Gasteiger partial charge in [-0.3, -0.25) is 0 Å². The number of rotatable bonds is 5. The number of anilines is 1. The van der Waals surface area contributed by atoms with Gasteiger partial charge in [-0.15, -0.1) is 0 Å². The van der Waals surface area contributed by atoms with Gasteiger partial charge in [0.2, 0.25) is 5.76 Å². The number of benzene rings is 3. The Morgan fingerprint density at radius 2 is 1.46 bits per heavy atom. The van der Waals surface area contributed by atoms with E-state index in [-0.39, 0.29) is 11.3 Å². The lowest BCUT2D eigenvalue weighted by Crippen LogP contribution is -2.43. The maximum atomic E-state index is 13.3. The van der Waals surface area contributed by atoms with Crippen LogP contribution in [-0.2, 0) is 29.4 Å². The Balaban J connectivity index is 1.79. The number of methoxy groups -OCH3 is 2. The molecule has 5 rings (SSSR count). The molecule has 2 atom stereocenters. The third kappa shape index (κ3) is 3.56. The highest BCUT2D eigenvalue weighted by Gasteiger charge is 2.64. The molecule has 2 heterocycles. The van der Waals surface area contributed by atoms with Crippen LogP contribution in [0.15, 0.2) is 96.3 Å². The SMILES string of the molecule is COC(=O)C1=C(C(=O)OC)[C@@]2(c3ccccc3)CN(c3ccc(C)cc3)[C@H](c3ccccc3)N2O1. The number of hydrogen-bond donors (Lipinski definition) is 0. The van der Waals surface area contributed by atoms with Crippen LogP contribution in [0.25, 0.3) is 0 Å². The van der Waals surface area contributed by atoms with Crippen LogP contribution in [-0.4, -0.2) is 37.8 Å². The van der Waals surface area contributed by atoms with Crippen molar-refractivity contribution in [2.75, 3.05) is 25.7 Å². The van der Waals surface area contributed by atoms with Crippen molar-refractivity contribution in [3.8, 4) is 0 Å². The molecule has 0 aliphatic carbocycles. The standard InChI is InChI=1S/C28H26N2O5/c1-19-14-16-22(17-15-19)29-18-28(21-12-8-5-9-13-21)23(26(31)33-2)24(27(32)34-3)35-30(28)25(29)20-10-6-4-7-11-20/h4-17,25H,18H2,1-3H3/t25-,28-/m0/s1. The number of carbonyl (C=O) groups excluding carboxylic acids is 2. The summed E-state index contributed by atoms with van der Waals surface area (Å²) in [5.74, 6) is -1.54. The van der Waals surface area contributed by atoms with E-state index in [1.165, 1.54) is 14.2 Å². The van der Waals surface area contributed by atoms with Gasteiger partial charge in [-0.2, -0.15) is 0 Å². The molecule has 0 aromatic heterocycles. The highest BCUT2D eigenvalue weighted by Crippen LogP contribution is 2.56. The molecule has 2 aliphatic rings. The van der Waals surface area contributed by atoms with E-state index in [1.807, 2.05) is 79.7 Å². The van der Waals surface area contributed by atoms with Crippen molar-refractivity contribution in [1.29, 1.82) is 0 Å². The van der Waals surface area contributed by atoms with Crippen molar-refractivity contribution in [2.45, 2.75) is 18.6 Å². The molecule has 7 heteroatoms. The number of hydroxylamine groups is 2. The van der Waals surface area contributed by atoms with Crippen LogP contribution >= 0.6 is 0 Å². The van der Waals surface area contributed by atoms with Gasteiger partial charge in [0.1, 0.15) is 17.3 Å². The van der Waals surface area contributed by atoms with Crippen molar-refractivity contribution in [3.05, 3.63) is 113 Å². The van der Waals surface area contributed by atoms with Crippen LogP contribution in [0.3, 0.4) is 0 Å². The molecule has 1 saturated heterocycles. The first-order valence-electron chi connectivity index (χ1n) is 11.3. The molecule has 7 nitrogen and oxygen atoms in total. The molecule has 178 valence electrons. The average Bonchev–Trinajstić information content (AvgIpc) is 3.41. The van der Waals surface area contributed by atoms with Crippen LogP contribution in [0, 0.1) is 6.92 Å². The number of esters is 2. The molecule has 3 aromatic rings.